The van der Waals surface area contributed by atoms with E-state index in [1.54, 1.807) is 24.3 Å². The van der Waals surface area contributed by atoms with E-state index in [1.165, 1.54) is 23.9 Å². The molecule has 0 saturated heterocycles. The number of anilines is 1. The number of carbonyl (C=O) groups is 2. The number of halogens is 3. The first kappa shape index (κ1) is 22.6. The van der Waals surface area contributed by atoms with Gasteiger partial charge >= 0.3 is 6.18 Å². The lowest BCUT2D eigenvalue weighted by atomic mass is 10.1. The number of ether oxygens (including phenoxy) is 1. The summed E-state index contributed by atoms with van der Waals surface area (Å²) < 4.78 is 43.9. The molecule has 2 rings (SSSR count). The van der Waals surface area contributed by atoms with Crippen LogP contribution in [0.2, 0.25) is 0 Å². The SMILES string of the molecule is CSCC[C@H](NC(=O)COc1ccccc1)C(=O)Nc1cccc(C(F)(F)F)c1. The Labute approximate surface area is 171 Å². The van der Waals surface area contributed by atoms with Crippen LogP contribution in [0.25, 0.3) is 0 Å². The molecule has 0 bridgehead atoms. The van der Waals surface area contributed by atoms with Crippen molar-refractivity contribution in [2.24, 2.45) is 0 Å². The minimum absolute atomic E-state index is 0.00811. The van der Waals surface area contributed by atoms with Gasteiger partial charge in [0.1, 0.15) is 11.8 Å². The van der Waals surface area contributed by atoms with Gasteiger partial charge in [-0.2, -0.15) is 24.9 Å². The van der Waals surface area contributed by atoms with Crippen LogP contribution in [0.15, 0.2) is 54.6 Å². The molecule has 2 aromatic rings. The van der Waals surface area contributed by atoms with Gasteiger partial charge in [-0.05, 0) is 48.8 Å². The molecule has 0 heterocycles. The number of benzene rings is 2. The first-order valence-corrected chi connectivity index (χ1v) is 10.1. The molecule has 1 atom stereocenters. The van der Waals surface area contributed by atoms with Crippen molar-refractivity contribution >= 4 is 29.3 Å². The van der Waals surface area contributed by atoms with Gasteiger partial charge in [-0.15, -0.1) is 0 Å². The van der Waals surface area contributed by atoms with Crippen molar-refractivity contribution in [3.63, 3.8) is 0 Å². The summed E-state index contributed by atoms with van der Waals surface area (Å²) in [5.41, 5.74) is -0.856. The van der Waals surface area contributed by atoms with Crippen molar-refractivity contribution < 1.29 is 27.5 Å². The summed E-state index contributed by atoms with van der Waals surface area (Å²) in [6, 6.07) is 12.2. The predicted octanol–water partition coefficient (Wildman–Crippen LogP) is 3.96. The standard InChI is InChI=1S/C20H21F3N2O3S/c1-29-11-10-17(25-18(26)13-28-16-8-3-2-4-9-16)19(27)24-15-7-5-6-14(12-15)20(21,22)23/h2-9,12,17H,10-11,13H2,1H3,(H,24,27)(H,25,26)/t17-/m0/s1. The molecule has 0 spiro atoms. The highest BCUT2D eigenvalue weighted by Crippen LogP contribution is 2.30. The number of hydrogen-bond donors (Lipinski definition) is 2. The molecule has 2 aromatic carbocycles. The quantitative estimate of drug-likeness (QED) is 0.637. The number of nitrogens with one attached hydrogen (secondary N) is 2. The first-order valence-electron chi connectivity index (χ1n) is 8.74. The van der Waals surface area contributed by atoms with Gasteiger partial charge in [0.15, 0.2) is 6.61 Å². The van der Waals surface area contributed by atoms with Gasteiger partial charge in [-0.1, -0.05) is 24.3 Å². The fourth-order valence-electron chi connectivity index (χ4n) is 2.41. The van der Waals surface area contributed by atoms with Crippen LogP contribution in [0.1, 0.15) is 12.0 Å². The largest absolute Gasteiger partial charge is 0.484 e. The van der Waals surface area contributed by atoms with Crippen molar-refractivity contribution in [1.29, 1.82) is 0 Å². The summed E-state index contributed by atoms with van der Waals surface area (Å²) in [6.07, 6.45) is -2.34. The zero-order valence-corrected chi connectivity index (χ0v) is 16.5. The molecule has 9 heteroatoms. The van der Waals surface area contributed by atoms with E-state index in [1.807, 2.05) is 12.3 Å². The second-order valence-electron chi connectivity index (χ2n) is 6.07. The maximum absolute atomic E-state index is 12.8. The average molecular weight is 426 g/mol. The van der Waals surface area contributed by atoms with Crippen LogP contribution in [0, 0.1) is 0 Å². The minimum Gasteiger partial charge on any atom is -0.484 e. The fourth-order valence-corrected chi connectivity index (χ4v) is 2.88. The van der Waals surface area contributed by atoms with Crippen molar-refractivity contribution in [1.82, 2.24) is 5.32 Å². The Morgan fingerprint density at radius 1 is 1.10 bits per heavy atom. The molecule has 2 amide bonds. The third-order valence-corrected chi connectivity index (χ3v) is 4.48. The Morgan fingerprint density at radius 3 is 2.48 bits per heavy atom. The van der Waals surface area contributed by atoms with E-state index in [-0.39, 0.29) is 12.3 Å². The second-order valence-corrected chi connectivity index (χ2v) is 7.06. The van der Waals surface area contributed by atoms with Crippen LogP contribution in [0.5, 0.6) is 5.75 Å². The zero-order chi connectivity index (χ0) is 21.3. The number of alkyl halides is 3. The summed E-state index contributed by atoms with van der Waals surface area (Å²) >= 11 is 1.49. The average Bonchev–Trinajstić information content (AvgIpc) is 2.70. The zero-order valence-electron chi connectivity index (χ0n) is 15.7. The molecule has 0 radical (unpaired) electrons. The van der Waals surface area contributed by atoms with Crippen LogP contribution >= 0.6 is 11.8 Å². The maximum Gasteiger partial charge on any atom is 0.416 e. The lowest BCUT2D eigenvalue weighted by Crippen LogP contribution is -2.45. The van der Waals surface area contributed by atoms with E-state index >= 15 is 0 Å². The minimum atomic E-state index is -4.51. The predicted molar refractivity (Wildman–Crippen MR) is 107 cm³/mol. The fraction of sp³-hybridized carbons (Fsp3) is 0.300. The van der Waals surface area contributed by atoms with E-state index in [2.05, 4.69) is 10.6 Å². The molecule has 0 aliphatic heterocycles. The van der Waals surface area contributed by atoms with Crippen LogP contribution in [0.3, 0.4) is 0 Å². The van der Waals surface area contributed by atoms with E-state index in [4.69, 9.17) is 4.74 Å². The Morgan fingerprint density at radius 2 is 1.83 bits per heavy atom. The van der Waals surface area contributed by atoms with Crippen LogP contribution in [0.4, 0.5) is 18.9 Å². The Bertz CT molecular complexity index is 816. The molecule has 156 valence electrons. The molecule has 0 fully saturated rings. The molecule has 5 nitrogen and oxygen atoms in total. The molecular formula is C20H21F3N2O3S. The topological polar surface area (TPSA) is 67.4 Å². The van der Waals surface area contributed by atoms with Gasteiger partial charge in [0, 0.05) is 5.69 Å². The van der Waals surface area contributed by atoms with Gasteiger partial charge < -0.3 is 15.4 Å². The summed E-state index contributed by atoms with van der Waals surface area (Å²) in [4.78, 5) is 24.7. The molecule has 0 aliphatic rings. The van der Waals surface area contributed by atoms with Crippen LogP contribution in [-0.2, 0) is 15.8 Å². The molecule has 0 aromatic heterocycles. The third kappa shape index (κ3) is 7.69. The van der Waals surface area contributed by atoms with Gasteiger partial charge in [-0.3, -0.25) is 9.59 Å². The summed E-state index contributed by atoms with van der Waals surface area (Å²) in [6.45, 7) is -0.281. The van der Waals surface area contributed by atoms with Crippen molar-refractivity contribution in [2.75, 3.05) is 23.9 Å². The van der Waals surface area contributed by atoms with Crippen LogP contribution < -0.4 is 15.4 Å². The molecule has 0 saturated carbocycles. The van der Waals surface area contributed by atoms with Crippen LogP contribution in [-0.4, -0.2) is 36.5 Å². The van der Waals surface area contributed by atoms with Gasteiger partial charge in [-0.25, -0.2) is 0 Å². The number of thioether (sulfide) groups is 1. The number of carbonyl (C=O) groups excluding carboxylic acids is 2. The first-order chi connectivity index (χ1) is 13.8. The number of amides is 2. The Kier molecular flexibility index (Phi) is 8.38. The molecule has 0 aliphatic carbocycles. The highest BCUT2D eigenvalue weighted by atomic mass is 32.2. The summed E-state index contributed by atoms with van der Waals surface area (Å²) in [7, 11) is 0. The monoisotopic (exact) mass is 426 g/mol. The van der Waals surface area contributed by atoms with E-state index in [9.17, 15) is 22.8 Å². The van der Waals surface area contributed by atoms with Crippen molar-refractivity contribution in [3.8, 4) is 5.75 Å². The number of rotatable bonds is 9. The van der Waals surface area contributed by atoms with E-state index < -0.39 is 29.6 Å². The Hall–Kier alpha value is -2.68. The smallest absolute Gasteiger partial charge is 0.416 e. The highest BCUT2D eigenvalue weighted by Gasteiger charge is 2.30. The highest BCUT2D eigenvalue weighted by molar-refractivity contribution is 7.98. The van der Waals surface area contributed by atoms with E-state index in [0.717, 1.165) is 12.1 Å². The summed E-state index contributed by atoms with van der Waals surface area (Å²) in [5.74, 6) is 0.00264. The lowest BCUT2D eigenvalue weighted by molar-refractivity contribution is -0.137. The van der Waals surface area contributed by atoms with Gasteiger partial charge in [0.2, 0.25) is 5.91 Å². The Balaban J connectivity index is 1.99. The lowest BCUT2D eigenvalue weighted by Gasteiger charge is -2.19. The normalized spacial score (nSPS) is 12.1. The summed E-state index contributed by atoms with van der Waals surface area (Å²) in [5, 5.41) is 5.01. The molecular weight excluding hydrogens is 405 g/mol. The van der Waals surface area contributed by atoms with Crippen molar-refractivity contribution in [2.45, 2.75) is 18.6 Å². The number of hydrogen-bond acceptors (Lipinski definition) is 4. The number of para-hydroxylation sites is 1. The molecule has 0 unspecified atom stereocenters. The van der Waals surface area contributed by atoms with E-state index in [0.29, 0.717) is 17.9 Å². The molecule has 2 N–H and O–H groups in total. The molecule has 29 heavy (non-hydrogen) atoms. The van der Waals surface area contributed by atoms with Crippen molar-refractivity contribution in [3.05, 3.63) is 60.2 Å². The second kappa shape index (κ2) is 10.8. The van der Waals surface area contributed by atoms with Gasteiger partial charge in [0.25, 0.3) is 5.91 Å². The maximum atomic E-state index is 12.8. The van der Waals surface area contributed by atoms with Gasteiger partial charge in [0.05, 0.1) is 5.56 Å². The third-order valence-electron chi connectivity index (χ3n) is 3.83.